The summed E-state index contributed by atoms with van der Waals surface area (Å²) in [5.41, 5.74) is 3.94. The van der Waals surface area contributed by atoms with Gasteiger partial charge in [-0.1, -0.05) is 48.5 Å². The van der Waals surface area contributed by atoms with Crippen LogP contribution in [-0.4, -0.2) is 11.7 Å². The highest BCUT2D eigenvalue weighted by molar-refractivity contribution is 6.07. The van der Waals surface area contributed by atoms with Crippen molar-refractivity contribution in [1.29, 1.82) is 0 Å². The van der Waals surface area contributed by atoms with Crippen LogP contribution in [0.4, 0.5) is 0 Å². The highest BCUT2D eigenvalue weighted by atomic mass is 16.5. The smallest absolute Gasteiger partial charge is 0.118 e. The number of benzene rings is 3. The number of para-hydroxylation sites is 2. The van der Waals surface area contributed by atoms with Crippen molar-refractivity contribution in [3.8, 4) is 5.75 Å². The summed E-state index contributed by atoms with van der Waals surface area (Å²) in [4.78, 5) is 0. The van der Waals surface area contributed by atoms with Gasteiger partial charge < -0.3 is 9.30 Å². The largest absolute Gasteiger partial charge is 0.497 e. The molecule has 1 heterocycles. The van der Waals surface area contributed by atoms with Gasteiger partial charge in [0.05, 0.1) is 7.11 Å². The topological polar surface area (TPSA) is 14.2 Å². The molecule has 3 aromatic carbocycles. The van der Waals surface area contributed by atoms with E-state index in [-0.39, 0.29) is 0 Å². The van der Waals surface area contributed by atoms with Crippen LogP contribution in [0.2, 0.25) is 0 Å². The van der Waals surface area contributed by atoms with Crippen LogP contribution < -0.4 is 4.74 Å². The Labute approximate surface area is 135 Å². The van der Waals surface area contributed by atoms with Gasteiger partial charge in [0.15, 0.2) is 0 Å². The van der Waals surface area contributed by atoms with Gasteiger partial charge in [0, 0.05) is 28.4 Å². The summed E-state index contributed by atoms with van der Waals surface area (Å²) < 4.78 is 7.66. The average Bonchev–Trinajstić information content (AvgIpc) is 2.94. The lowest BCUT2D eigenvalue weighted by Gasteiger charge is -2.08. The molecule has 114 valence electrons. The number of hydrogen-bond acceptors (Lipinski definition) is 1. The average molecular weight is 301 g/mol. The Balaban J connectivity index is 1.72. The van der Waals surface area contributed by atoms with Gasteiger partial charge in [-0.2, -0.15) is 0 Å². The maximum atomic E-state index is 5.23. The Kier molecular flexibility index (Phi) is 3.51. The minimum Gasteiger partial charge on any atom is -0.497 e. The zero-order chi connectivity index (χ0) is 15.6. The van der Waals surface area contributed by atoms with E-state index in [1.54, 1.807) is 7.11 Å². The fraction of sp³-hybridized carbons (Fsp3) is 0.143. The molecule has 0 atom stereocenters. The van der Waals surface area contributed by atoms with Crippen molar-refractivity contribution in [2.24, 2.45) is 0 Å². The first-order chi connectivity index (χ1) is 11.4. The molecule has 0 N–H and O–H groups in total. The van der Waals surface area contributed by atoms with Gasteiger partial charge in [0.1, 0.15) is 5.75 Å². The summed E-state index contributed by atoms with van der Waals surface area (Å²) >= 11 is 0. The molecule has 0 saturated carbocycles. The van der Waals surface area contributed by atoms with Crippen LogP contribution in [0.3, 0.4) is 0 Å². The van der Waals surface area contributed by atoms with Crippen molar-refractivity contribution in [2.75, 3.05) is 7.11 Å². The van der Waals surface area contributed by atoms with E-state index < -0.39 is 0 Å². The van der Waals surface area contributed by atoms with Crippen LogP contribution in [0.1, 0.15) is 5.56 Å². The molecule has 0 aliphatic rings. The third-order valence-corrected chi connectivity index (χ3v) is 4.46. The molecule has 23 heavy (non-hydrogen) atoms. The van der Waals surface area contributed by atoms with Crippen LogP contribution in [0.15, 0.2) is 72.8 Å². The van der Waals surface area contributed by atoms with Gasteiger partial charge in [-0.25, -0.2) is 0 Å². The van der Waals surface area contributed by atoms with Crippen molar-refractivity contribution in [3.63, 3.8) is 0 Å². The molecule has 4 aromatic rings. The van der Waals surface area contributed by atoms with Crippen LogP contribution in [0, 0.1) is 0 Å². The number of aromatic nitrogens is 1. The normalized spacial score (nSPS) is 11.2. The van der Waals surface area contributed by atoms with Gasteiger partial charge in [0.25, 0.3) is 0 Å². The van der Waals surface area contributed by atoms with Gasteiger partial charge in [-0.05, 0) is 36.2 Å². The first-order valence-corrected chi connectivity index (χ1v) is 7.96. The molecule has 0 spiro atoms. The Morgan fingerprint density at radius 2 is 1.30 bits per heavy atom. The molecule has 2 heteroatoms. The van der Waals surface area contributed by atoms with Gasteiger partial charge >= 0.3 is 0 Å². The third-order valence-electron chi connectivity index (χ3n) is 4.46. The maximum absolute atomic E-state index is 5.23. The van der Waals surface area contributed by atoms with Crippen LogP contribution in [0.25, 0.3) is 21.8 Å². The highest BCUT2D eigenvalue weighted by Gasteiger charge is 2.09. The van der Waals surface area contributed by atoms with E-state index >= 15 is 0 Å². The van der Waals surface area contributed by atoms with Gasteiger partial charge in [-0.3, -0.25) is 0 Å². The Morgan fingerprint density at radius 3 is 1.87 bits per heavy atom. The standard InChI is InChI=1S/C21H19NO/c1-23-17-12-10-16(11-13-17)14-15-22-20-8-4-2-6-18(20)19-7-3-5-9-21(19)22/h2-13H,14-15H2,1H3. The van der Waals surface area contributed by atoms with E-state index in [1.165, 1.54) is 27.4 Å². The number of fused-ring (bicyclic) bond motifs is 3. The minimum atomic E-state index is 0.908. The van der Waals surface area contributed by atoms with Crippen LogP contribution >= 0.6 is 0 Å². The predicted octanol–water partition coefficient (Wildman–Crippen LogP) is 5.05. The molecule has 0 unspecified atom stereocenters. The molecule has 0 aliphatic heterocycles. The molecule has 0 radical (unpaired) electrons. The molecule has 0 fully saturated rings. The number of aryl methyl sites for hydroxylation is 2. The predicted molar refractivity (Wildman–Crippen MR) is 96.1 cm³/mol. The van der Waals surface area contributed by atoms with Gasteiger partial charge in [-0.15, -0.1) is 0 Å². The third kappa shape index (κ3) is 2.46. The molecular formula is C21H19NO. The van der Waals surface area contributed by atoms with Gasteiger partial charge in [0.2, 0.25) is 0 Å². The van der Waals surface area contributed by atoms with Crippen molar-refractivity contribution in [3.05, 3.63) is 78.4 Å². The second kappa shape index (κ2) is 5.81. The van der Waals surface area contributed by atoms with E-state index in [4.69, 9.17) is 4.74 Å². The number of hydrogen-bond donors (Lipinski definition) is 0. The van der Waals surface area contributed by atoms with Crippen molar-refractivity contribution < 1.29 is 4.74 Å². The quantitative estimate of drug-likeness (QED) is 0.515. The van der Waals surface area contributed by atoms with E-state index in [2.05, 4.69) is 65.2 Å². The molecule has 2 nitrogen and oxygen atoms in total. The molecule has 0 bridgehead atoms. The Hall–Kier alpha value is -2.74. The van der Waals surface area contributed by atoms with E-state index in [9.17, 15) is 0 Å². The molecule has 0 amide bonds. The van der Waals surface area contributed by atoms with Crippen LogP contribution in [-0.2, 0) is 13.0 Å². The molecule has 0 aliphatic carbocycles. The summed E-state index contributed by atoms with van der Waals surface area (Å²) in [6.07, 6.45) is 1.01. The summed E-state index contributed by atoms with van der Waals surface area (Å²) in [5, 5.41) is 2.66. The summed E-state index contributed by atoms with van der Waals surface area (Å²) in [5.74, 6) is 0.908. The summed E-state index contributed by atoms with van der Waals surface area (Å²) in [7, 11) is 1.70. The Bertz CT molecular complexity index is 897. The van der Waals surface area contributed by atoms with Crippen LogP contribution in [0.5, 0.6) is 5.75 Å². The fourth-order valence-electron chi connectivity index (χ4n) is 3.28. The van der Waals surface area contributed by atoms with E-state index in [1.807, 2.05) is 12.1 Å². The fourth-order valence-corrected chi connectivity index (χ4v) is 3.28. The van der Waals surface area contributed by atoms with E-state index in [0.717, 1.165) is 18.7 Å². The van der Waals surface area contributed by atoms with E-state index in [0.29, 0.717) is 0 Å². The zero-order valence-electron chi connectivity index (χ0n) is 13.2. The second-order valence-corrected chi connectivity index (χ2v) is 5.78. The SMILES string of the molecule is COc1ccc(CCn2c3ccccc3c3ccccc32)cc1. The minimum absolute atomic E-state index is 0.908. The van der Waals surface area contributed by atoms with Crippen molar-refractivity contribution >= 4 is 21.8 Å². The maximum Gasteiger partial charge on any atom is 0.118 e. The molecule has 4 rings (SSSR count). The lowest BCUT2D eigenvalue weighted by Crippen LogP contribution is -2.01. The zero-order valence-corrected chi connectivity index (χ0v) is 13.2. The Morgan fingerprint density at radius 1 is 0.739 bits per heavy atom. The first-order valence-electron chi connectivity index (χ1n) is 7.96. The molecular weight excluding hydrogens is 282 g/mol. The first kappa shape index (κ1) is 13.9. The molecule has 0 saturated heterocycles. The lowest BCUT2D eigenvalue weighted by molar-refractivity contribution is 0.414. The number of ether oxygens (including phenoxy) is 1. The monoisotopic (exact) mass is 301 g/mol. The van der Waals surface area contributed by atoms with Crippen molar-refractivity contribution in [1.82, 2.24) is 4.57 Å². The summed E-state index contributed by atoms with van der Waals surface area (Å²) in [6, 6.07) is 25.7. The second-order valence-electron chi connectivity index (χ2n) is 5.78. The number of nitrogens with zero attached hydrogens (tertiary/aromatic N) is 1. The number of methoxy groups -OCH3 is 1. The van der Waals surface area contributed by atoms with Crippen molar-refractivity contribution in [2.45, 2.75) is 13.0 Å². The lowest BCUT2D eigenvalue weighted by atomic mass is 10.1. The summed E-state index contributed by atoms with van der Waals surface area (Å²) in [6.45, 7) is 0.973. The number of rotatable bonds is 4. The molecule has 1 aromatic heterocycles. The highest BCUT2D eigenvalue weighted by Crippen LogP contribution is 2.29.